The summed E-state index contributed by atoms with van der Waals surface area (Å²) < 4.78 is 16.4. The molecule has 1 saturated heterocycles. The number of esters is 1. The Morgan fingerprint density at radius 1 is 1.32 bits per heavy atom. The third-order valence-corrected chi connectivity index (χ3v) is 4.70. The first-order chi connectivity index (χ1) is 10.5. The zero-order chi connectivity index (χ0) is 16.1. The molecule has 0 N–H and O–H groups in total. The summed E-state index contributed by atoms with van der Waals surface area (Å²) in [4.78, 5) is 26.7. The van der Waals surface area contributed by atoms with E-state index in [1.807, 2.05) is 0 Å². The molecule has 120 valence electrons. The number of nitrogens with zero attached hydrogens (tertiary/aromatic N) is 1. The molecule has 1 heterocycles. The molecule has 0 radical (unpaired) electrons. The standard InChI is InChI=1S/C16H21NO4S/c1-3-21-16(19)13-5-4-10-17(11-13)15(18)12-6-8-14(9-7-12)22(2)20/h6-9,13H,3-5,10-11H2,1-2H3. The maximum Gasteiger partial charge on any atom is 0.310 e. The van der Waals surface area contributed by atoms with E-state index in [0.717, 1.165) is 12.8 Å². The Bertz CT molecular complexity index is 570. The summed E-state index contributed by atoms with van der Waals surface area (Å²) in [5.41, 5.74) is 0.554. The van der Waals surface area contributed by atoms with E-state index < -0.39 is 10.8 Å². The number of hydrogen-bond donors (Lipinski definition) is 0. The topological polar surface area (TPSA) is 63.7 Å². The van der Waals surface area contributed by atoms with Gasteiger partial charge in [-0.15, -0.1) is 0 Å². The minimum atomic E-state index is -1.06. The smallest absolute Gasteiger partial charge is 0.310 e. The molecule has 0 bridgehead atoms. The first-order valence-corrected chi connectivity index (χ1v) is 8.98. The minimum absolute atomic E-state index is 0.0950. The van der Waals surface area contributed by atoms with E-state index in [1.54, 1.807) is 42.3 Å². The lowest BCUT2D eigenvalue weighted by Crippen LogP contribution is -2.42. The zero-order valence-electron chi connectivity index (χ0n) is 12.9. The number of benzene rings is 1. The van der Waals surface area contributed by atoms with Crippen molar-refractivity contribution in [2.45, 2.75) is 24.7 Å². The van der Waals surface area contributed by atoms with Crippen LogP contribution in [0.3, 0.4) is 0 Å². The number of carbonyl (C=O) groups is 2. The molecule has 1 aliphatic rings. The number of carbonyl (C=O) groups excluding carboxylic acids is 2. The van der Waals surface area contributed by atoms with E-state index in [2.05, 4.69) is 0 Å². The van der Waals surface area contributed by atoms with Gasteiger partial charge in [-0.05, 0) is 44.0 Å². The van der Waals surface area contributed by atoms with Gasteiger partial charge in [0.15, 0.2) is 0 Å². The summed E-state index contributed by atoms with van der Waals surface area (Å²) in [5.74, 6) is -0.556. The summed E-state index contributed by atoms with van der Waals surface area (Å²) in [6.45, 7) is 3.19. The van der Waals surface area contributed by atoms with E-state index >= 15 is 0 Å². The monoisotopic (exact) mass is 323 g/mol. The summed E-state index contributed by atoms with van der Waals surface area (Å²) in [5, 5.41) is 0. The van der Waals surface area contributed by atoms with E-state index in [0.29, 0.717) is 30.2 Å². The van der Waals surface area contributed by atoms with E-state index in [1.165, 1.54) is 0 Å². The Hall–Kier alpha value is -1.69. The van der Waals surface area contributed by atoms with Crippen LogP contribution in [-0.2, 0) is 20.3 Å². The van der Waals surface area contributed by atoms with Gasteiger partial charge in [0.2, 0.25) is 0 Å². The van der Waals surface area contributed by atoms with Crippen LogP contribution in [-0.4, -0.2) is 46.9 Å². The fraction of sp³-hybridized carbons (Fsp3) is 0.500. The lowest BCUT2D eigenvalue weighted by Gasteiger charge is -2.31. The van der Waals surface area contributed by atoms with E-state index in [9.17, 15) is 13.8 Å². The fourth-order valence-electron chi connectivity index (χ4n) is 2.59. The van der Waals surface area contributed by atoms with Crippen molar-refractivity contribution in [3.63, 3.8) is 0 Å². The van der Waals surface area contributed by atoms with Gasteiger partial charge in [0.05, 0.1) is 12.5 Å². The Morgan fingerprint density at radius 3 is 2.59 bits per heavy atom. The van der Waals surface area contributed by atoms with Crippen molar-refractivity contribution >= 4 is 22.7 Å². The molecule has 1 amide bonds. The predicted molar refractivity (Wildman–Crippen MR) is 84.0 cm³/mol. The molecule has 2 rings (SSSR count). The average molecular weight is 323 g/mol. The first-order valence-electron chi connectivity index (χ1n) is 7.42. The number of rotatable bonds is 4. The summed E-state index contributed by atoms with van der Waals surface area (Å²) >= 11 is 0. The molecule has 6 heteroatoms. The van der Waals surface area contributed by atoms with Crippen molar-refractivity contribution in [3.05, 3.63) is 29.8 Å². The van der Waals surface area contributed by atoms with Crippen LogP contribution in [0.1, 0.15) is 30.1 Å². The third kappa shape index (κ3) is 3.94. The lowest BCUT2D eigenvalue weighted by atomic mass is 9.97. The first kappa shape index (κ1) is 16.7. The molecule has 0 spiro atoms. The summed E-state index contributed by atoms with van der Waals surface area (Å²) in [6, 6.07) is 6.78. The number of hydrogen-bond acceptors (Lipinski definition) is 4. The number of piperidine rings is 1. The second-order valence-electron chi connectivity index (χ2n) is 5.32. The second-order valence-corrected chi connectivity index (χ2v) is 6.70. The van der Waals surface area contributed by atoms with Gasteiger partial charge >= 0.3 is 5.97 Å². The highest BCUT2D eigenvalue weighted by Gasteiger charge is 2.29. The molecule has 2 unspecified atom stereocenters. The Kier molecular flexibility index (Phi) is 5.71. The van der Waals surface area contributed by atoms with Crippen LogP contribution in [0, 0.1) is 5.92 Å². The Labute approximate surface area is 133 Å². The van der Waals surface area contributed by atoms with Gasteiger partial charge in [0, 0.05) is 40.6 Å². The molecule has 0 saturated carbocycles. The molecule has 0 aromatic heterocycles. The maximum atomic E-state index is 12.5. The molecule has 1 aromatic carbocycles. The van der Waals surface area contributed by atoms with Gasteiger partial charge in [0.1, 0.15) is 0 Å². The summed E-state index contributed by atoms with van der Waals surface area (Å²) in [6.07, 6.45) is 3.16. The number of amides is 1. The van der Waals surface area contributed by atoms with Crippen LogP contribution in [0.2, 0.25) is 0 Å². The van der Waals surface area contributed by atoms with E-state index in [-0.39, 0.29) is 17.8 Å². The van der Waals surface area contributed by atoms with Gasteiger partial charge in [-0.3, -0.25) is 13.8 Å². The highest BCUT2D eigenvalue weighted by atomic mass is 32.2. The fourth-order valence-corrected chi connectivity index (χ4v) is 3.11. The molecule has 0 aliphatic carbocycles. The zero-order valence-corrected chi connectivity index (χ0v) is 13.7. The molecule has 1 aromatic rings. The molecule has 22 heavy (non-hydrogen) atoms. The van der Waals surface area contributed by atoms with Gasteiger partial charge < -0.3 is 9.64 Å². The van der Waals surface area contributed by atoms with Crippen molar-refractivity contribution in [3.8, 4) is 0 Å². The van der Waals surface area contributed by atoms with Crippen LogP contribution < -0.4 is 0 Å². The van der Waals surface area contributed by atoms with Crippen LogP contribution in [0.4, 0.5) is 0 Å². The van der Waals surface area contributed by atoms with Crippen molar-refractivity contribution in [2.75, 3.05) is 26.0 Å². The Morgan fingerprint density at radius 2 is 2.00 bits per heavy atom. The van der Waals surface area contributed by atoms with Gasteiger partial charge in [-0.2, -0.15) is 0 Å². The molecule has 1 aliphatic heterocycles. The highest BCUT2D eigenvalue weighted by molar-refractivity contribution is 7.84. The van der Waals surface area contributed by atoms with Crippen LogP contribution >= 0.6 is 0 Å². The largest absolute Gasteiger partial charge is 0.466 e. The highest BCUT2D eigenvalue weighted by Crippen LogP contribution is 2.20. The average Bonchev–Trinajstić information content (AvgIpc) is 2.54. The van der Waals surface area contributed by atoms with Gasteiger partial charge in [-0.25, -0.2) is 0 Å². The maximum absolute atomic E-state index is 12.5. The minimum Gasteiger partial charge on any atom is -0.466 e. The van der Waals surface area contributed by atoms with Crippen LogP contribution in [0.25, 0.3) is 0 Å². The Balaban J connectivity index is 2.05. The predicted octanol–water partition coefficient (Wildman–Crippen LogP) is 1.84. The van der Waals surface area contributed by atoms with Crippen LogP contribution in [0.5, 0.6) is 0 Å². The van der Waals surface area contributed by atoms with Gasteiger partial charge in [0.25, 0.3) is 5.91 Å². The van der Waals surface area contributed by atoms with Crippen molar-refractivity contribution < 1.29 is 18.5 Å². The lowest BCUT2D eigenvalue weighted by molar-refractivity contribution is -0.149. The molecule has 5 nitrogen and oxygen atoms in total. The normalized spacial score (nSPS) is 19.5. The van der Waals surface area contributed by atoms with Crippen molar-refractivity contribution in [1.82, 2.24) is 4.90 Å². The van der Waals surface area contributed by atoms with E-state index in [4.69, 9.17) is 4.74 Å². The summed E-state index contributed by atoms with van der Waals surface area (Å²) in [7, 11) is -1.06. The number of ether oxygens (including phenoxy) is 1. The molecule has 1 fully saturated rings. The van der Waals surface area contributed by atoms with Gasteiger partial charge in [-0.1, -0.05) is 0 Å². The van der Waals surface area contributed by atoms with Crippen molar-refractivity contribution in [2.24, 2.45) is 5.92 Å². The molecular formula is C16H21NO4S. The number of likely N-dealkylation sites (tertiary alicyclic amines) is 1. The third-order valence-electron chi connectivity index (χ3n) is 3.76. The van der Waals surface area contributed by atoms with Crippen molar-refractivity contribution in [1.29, 1.82) is 0 Å². The van der Waals surface area contributed by atoms with Crippen LogP contribution in [0.15, 0.2) is 29.2 Å². The molecular weight excluding hydrogens is 302 g/mol. The quantitative estimate of drug-likeness (QED) is 0.793. The SMILES string of the molecule is CCOC(=O)C1CCCN(C(=O)c2ccc(S(C)=O)cc2)C1. The molecule has 2 atom stereocenters. The second kappa shape index (κ2) is 7.54.